The van der Waals surface area contributed by atoms with Gasteiger partial charge in [0.2, 0.25) is 0 Å². The Kier molecular flexibility index (Phi) is 10.8. The fourth-order valence-corrected chi connectivity index (χ4v) is 4.53. The molecule has 2 saturated heterocycles. The van der Waals surface area contributed by atoms with Crippen LogP contribution < -0.4 is 0 Å². The molecule has 9 N–H and O–H groups in total. The van der Waals surface area contributed by atoms with E-state index in [1.165, 1.54) is 36.4 Å². The van der Waals surface area contributed by atoms with Gasteiger partial charge in [0.25, 0.3) is 0 Å². The molecule has 0 aliphatic carbocycles. The normalized spacial score (nSPS) is 31.2. The van der Waals surface area contributed by atoms with Crippen molar-refractivity contribution in [2.75, 3.05) is 19.8 Å². The molecule has 4 rings (SSSR count). The van der Waals surface area contributed by atoms with Gasteiger partial charge in [0.1, 0.15) is 36.6 Å². The average molecular weight is 611 g/mol. The summed E-state index contributed by atoms with van der Waals surface area (Å²) in [5, 5.41) is 89.8. The zero-order valence-electron chi connectivity index (χ0n) is 22.6. The minimum atomic E-state index is -1.76. The number of hydrogen-bond acceptors (Lipinski definition) is 15. The molecular formula is C28H34O15. The van der Waals surface area contributed by atoms with E-state index >= 15 is 0 Å². The predicted octanol–water partition coefficient (Wildman–Crippen LogP) is -1.40. The van der Waals surface area contributed by atoms with E-state index in [0.717, 1.165) is 6.08 Å². The van der Waals surface area contributed by atoms with E-state index < -0.39 is 80.2 Å². The number of benzene rings is 2. The monoisotopic (exact) mass is 610 g/mol. The fraction of sp³-hybridized carbons (Fsp3) is 0.464. The number of rotatable bonds is 10. The quantitative estimate of drug-likeness (QED) is 0.0853. The van der Waals surface area contributed by atoms with Crippen LogP contribution in [0.15, 0.2) is 42.5 Å². The first-order valence-corrected chi connectivity index (χ1v) is 13.3. The molecule has 236 valence electrons. The molecule has 0 amide bonds. The molecule has 0 bridgehead atoms. The third-order valence-electron chi connectivity index (χ3n) is 6.92. The van der Waals surface area contributed by atoms with Crippen molar-refractivity contribution in [2.45, 2.75) is 61.7 Å². The molecule has 0 radical (unpaired) electrons. The van der Waals surface area contributed by atoms with Crippen molar-refractivity contribution >= 4 is 12.0 Å². The number of carbonyl (C=O) groups excluding carboxylic acids is 1. The molecule has 2 aliphatic rings. The maximum Gasteiger partial charge on any atom is 0.331 e. The van der Waals surface area contributed by atoms with Gasteiger partial charge in [-0.3, -0.25) is 0 Å². The summed E-state index contributed by atoms with van der Waals surface area (Å²) in [6.45, 7) is -1.23. The Hall–Kier alpha value is -3.51. The van der Waals surface area contributed by atoms with E-state index in [1.807, 2.05) is 0 Å². The molecule has 0 saturated carbocycles. The zero-order valence-corrected chi connectivity index (χ0v) is 22.6. The lowest BCUT2D eigenvalue weighted by atomic mass is 9.97. The van der Waals surface area contributed by atoms with E-state index in [1.54, 1.807) is 6.07 Å². The number of ether oxygens (including phenoxy) is 5. The van der Waals surface area contributed by atoms with Crippen molar-refractivity contribution < 1.29 is 74.4 Å². The van der Waals surface area contributed by atoms with E-state index in [0.29, 0.717) is 11.1 Å². The van der Waals surface area contributed by atoms with E-state index in [2.05, 4.69) is 0 Å². The molecule has 0 unspecified atom stereocenters. The van der Waals surface area contributed by atoms with Crippen LogP contribution in [-0.2, 0) is 34.9 Å². The summed E-state index contributed by atoms with van der Waals surface area (Å²) in [5.74, 6) is -2.39. The van der Waals surface area contributed by atoms with Crippen molar-refractivity contribution in [1.29, 1.82) is 0 Å². The van der Waals surface area contributed by atoms with Gasteiger partial charge in [-0.2, -0.15) is 0 Å². The predicted molar refractivity (Wildman–Crippen MR) is 143 cm³/mol. The number of phenolic OH excluding ortho intramolecular Hbond substituents is 4. The molecule has 0 spiro atoms. The van der Waals surface area contributed by atoms with Crippen molar-refractivity contribution in [3.8, 4) is 23.0 Å². The number of phenols is 4. The summed E-state index contributed by atoms with van der Waals surface area (Å²) in [6.07, 6.45) is -11.5. The van der Waals surface area contributed by atoms with Gasteiger partial charge in [-0.1, -0.05) is 12.1 Å². The summed E-state index contributed by atoms with van der Waals surface area (Å²) >= 11 is 0. The van der Waals surface area contributed by atoms with Crippen LogP contribution in [0.2, 0.25) is 0 Å². The number of carbonyl (C=O) groups is 1. The number of aromatic hydroxyl groups is 4. The lowest BCUT2D eigenvalue weighted by Gasteiger charge is -2.45. The molecule has 2 aromatic rings. The van der Waals surface area contributed by atoms with Gasteiger partial charge in [0.05, 0.1) is 19.8 Å². The van der Waals surface area contributed by atoms with Crippen LogP contribution in [0, 0.1) is 0 Å². The Balaban J connectivity index is 1.50. The summed E-state index contributed by atoms with van der Waals surface area (Å²) < 4.78 is 27.8. The van der Waals surface area contributed by atoms with Gasteiger partial charge in [-0.15, -0.1) is 0 Å². The lowest BCUT2D eigenvalue weighted by molar-refractivity contribution is -0.349. The van der Waals surface area contributed by atoms with Crippen LogP contribution in [0.1, 0.15) is 11.1 Å². The van der Waals surface area contributed by atoms with E-state index in [4.69, 9.17) is 23.7 Å². The first kappa shape index (κ1) is 32.4. The first-order chi connectivity index (χ1) is 20.5. The van der Waals surface area contributed by atoms with Crippen molar-refractivity contribution in [2.24, 2.45) is 0 Å². The van der Waals surface area contributed by atoms with Crippen molar-refractivity contribution in [3.63, 3.8) is 0 Å². The van der Waals surface area contributed by atoms with Crippen LogP contribution >= 0.6 is 0 Å². The van der Waals surface area contributed by atoms with Gasteiger partial charge >= 0.3 is 5.97 Å². The number of aliphatic hydroxyl groups is 5. The molecule has 9 atom stereocenters. The lowest BCUT2D eigenvalue weighted by Crippen LogP contribution is -2.64. The highest BCUT2D eigenvalue weighted by atomic mass is 16.7. The highest BCUT2D eigenvalue weighted by Gasteiger charge is 2.51. The Morgan fingerprint density at radius 2 is 1.56 bits per heavy atom. The second-order valence-electron chi connectivity index (χ2n) is 9.99. The zero-order chi connectivity index (χ0) is 31.3. The highest BCUT2D eigenvalue weighted by molar-refractivity contribution is 5.87. The molecule has 2 aliphatic heterocycles. The van der Waals surface area contributed by atoms with Gasteiger partial charge < -0.3 is 69.6 Å². The van der Waals surface area contributed by atoms with E-state index in [9.17, 15) is 50.8 Å². The maximum atomic E-state index is 12.7. The minimum absolute atomic E-state index is 0.0725. The topological polar surface area (TPSA) is 245 Å². The average Bonchev–Trinajstić information content (AvgIpc) is 2.98. The molecular weight excluding hydrogens is 576 g/mol. The summed E-state index contributed by atoms with van der Waals surface area (Å²) in [6, 6.07) is 7.98. The van der Waals surface area contributed by atoms with Crippen LogP contribution in [-0.4, -0.2) is 127 Å². The number of esters is 1. The SMILES string of the molecule is O=C(/C=C/c1ccc(O)c(O)c1)O[C@H]1[C@H](O[C@@H]2OC[C@H](O)[C@@H](O)[C@H]2O)[C@@H](O)[C@H](OCCc2ccc(O)c(O)c2)O[C@@H]1CO. The van der Waals surface area contributed by atoms with Crippen LogP contribution in [0.4, 0.5) is 0 Å². The highest BCUT2D eigenvalue weighted by Crippen LogP contribution is 2.31. The standard InChI is InChI=1S/C28H34O15/c29-11-20-25(42-21(35)6-3-13-1-4-15(30)17(32)9-13)26(43-27-23(37)22(36)19(34)12-40-27)24(38)28(41-20)39-8-7-14-2-5-16(31)18(33)10-14/h1-6,9-10,19-20,22-34,36-38H,7-8,11-12H2/b6-3+/t19-,20+,22+,23+,24+,25+,26+,27-,28+/m0/s1. The van der Waals surface area contributed by atoms with Gasteiger partial charge in [0, 0.05) is 6.08 Å². The Bertz CT molecular complexity index is 1270. The second kappa shape index (κ2) is 14.3. The van der Waals surface area contributed by atoms with Crippen molar-refractivity contribution in [3.05, 3.63) is 53.6 Å². The molecule has 2 heterocycles. The van der Waals surface area contributed by atoms with Crippen LogP contribution in [0.25, 0.3) is 6.08 Å². The minimum Gasteiger partial charge on any atom is -0.504 e. The molecule has 15 nitrogen and oxygen atoms in total. The number of aliphatic hydroxyl groups excluding tert-OH is 5. The van der Waals surface area contributed by atoms with E-state index in [-0.39, 0.29) is 30.3 Å². The largest absolute Gasteiger partial charge is 0.504 e. The maximum absolute atomic E-state index is 12.7. The van der Waals surface area contributed by atoms with Crippen molar-refractivity contribution in [1.82, 2.24) is 0 Å². The van der Waals surface area contributed by atoms with Gasteiger partial charge in [-0.05, 0) is 47.9 Å². The molecule has 0 aromatic heterocycles. The molecule has 2 fully saturated rings. The summed E-state index contributed by atoms with van der Waals surface area (Å²) in [7, 11) is 0. The van der Waals surface area contributed by atoms with Crippen LogP contribution in [0.3, 0.4) is 0 Å². The summed E-state index contributed by atoms with van der Waals surface area (Å²) in [5.41, 5.74) is 0.916. The van der Waals surface area contributed by atoms with Gasteiger partial charge in [0.15, 0.2) is 41.7 Å². The third kappa shape index (κ3) is 7.91. The van der Waals surface area contributed by atoms with Gasteiger partial charge in [-0.25, -0.2) is 4.79 Å². The third-order valence-corrected chi connectivity index (χ3v) is 6.92. The smallest absolute Gasteiger partial charge is 0.331 e. The first-order valence-electron chi connectivity index (χ1n) is 13.3. The Labute approximate surface area is 245 Å². The Morgan fingerprint density at radius 1 is 0.860 bits per heavy atom. The second-order valence-corrected chi connectivity index (χ2v) is 9.99. The summed E-state index contributed by atoms with van der Waals surface area (Å²) in [4.78, 5) is 12.7. The molecule has 2 aromatic carbocycles. The fourth-order valence-electron chi connectivity index (χ4n) is 4.53. The van der Waals surface area contributed by atoms with Crippen LogP contribution in [0.5, 0.6) is 23.0 Å². The molecule has 43 heavy (non-hydrogen) atoms. The molecule has 15 heteroatoms. The number of hydrogen-bond donors (Lipinski definition) is 9. The Morgan fingerprint density at radius 3 is 2.23 bits per heavy atom.